The van der Waals surface area contributed by atoms with E-state index in [2.05, 4.69) is 37.2 Å². The molecule has 2 rings (SSSR count). The Morgan fingerprint density at radius 2 is 1.71 bits per heavy atom. The van der Waals surface area contributed by atoms with Gasteiger partial charge in [0.2, 0.25) is 0 Å². The smallest absolute Gasteiger partial charge is 0.145 e. The molecule has 0 aliphatic heterocycles. The zero-order chi connectivity index (χ0) is 15.6. The van der Waals surface area contributed by atoms with Gasteiger partial charge in [-0.05, 0) is 58.4 Å². The van der Waals surface area contributed by atoms with Crippen LogP contribution in [0.4, 0.5) is 13.2 Å². The van der Waals surface area contributed by atoms with E-state index in [1.807, 2.05) is 6.92 Å². The number of rotatable bonds is 4. The van der Waals surface area contributed by atoms with Crippen LogP contribution >= 0.6 is 31.9 Å². The van der Waals surface area contributed by atoms with E-state index >= 15 is 0 Å². The van der Waals surface area contributed by atoms with E-state index in [0.717, 1.165) is 0 Å². The SMILES string of the molecule is CCNC(c1cc(F)ccc1Br)c1c(F)ccc(Br)c1F. The topological polar surface area (TPSA) is 12.0 Å². The molecule has 0 fully saturated rings. The maximum Gasteiger partial charge on any atom is 0.145 e. The van der Waals surface area contributed by atoms with Crippen molar-refractivity contribution in [1.82, 2.24) is 5.32 Å². The van der Waals surface area contributed by atoms with Crippen LogP contribution in [0, 0.1) is 17.5 Å². The molecule has 0 amide bonds. The quantitative estimate of drug-likeness (QED) is 0.656. The van der Waals surface area contributed by atoms with Crippen molar-refractivity contribution in [1.29, 1.82) is 0 Å². The second kappa shape index (κ2) is 6.94. The number of benzene rings is 2. The summed E-state index contributed by atoms with van der Waals surface area (Å²) in [6.45, 7) is 2.28. The molecule has 0 aromatic heterocycles. The molecule has 21 heavy (non-hydrogen) atoms. The van der Waals surface area contributed by atoms with E-state index in [4.69, 9.17) is 0 Å². The maximum absolute atomic E-state index is 14.3. The van der Waals surface area contributed by atoms with E-state index in [-0.39, 0.29) is 10.0 Å². The van der Waals surface area contributed by atoms with Crippen LogP contribution in [-0.4, -0.2) is 6.54 Å². The van der Waals surface area contributed by atoms with Crippen LogP contribution in [0.5, 0.6) is 0 Å². The fourth-order valence-electron chi connectivity index (χ4n) is 2.11. The third kappa shape index (κ3) is 3.49. The van der Waals surface area contributed by atoms with E-state index in [9.17, 15) is 13.2 Å². The lowest BCUT2D eigenvalue weighted by Crippen LogP contribution is -2.25. The summed E-state index contributed by atoms with van der Waals surface area (Å²) in [7, 11) is 0. The molecule has 112 valence electrons. The summed E-state index contributed by atoms with van der Waals surface area (Å²) in [6, 6.07) is 5.75. The Morgan fingerprint density at radius 3 is 2.38 bits per heavy atom. The first-order chi connectivity index (χ1) is 9.95. The van der Waals surface area contributed by atoms with Gasteiger partial charge < -0.3 is 5.32 Å². The lowest BCUT2D eigenvalue weighted by atomic mass is 9.97. The molecule has 0 radical (unpaired) electrons. The van der Waals surface area contributed by atoms with Crippen molar-refractivity contribution >= 4 is 31.9 Å². The first-order valence-corrected chi connectivity index (χ1v) is 7.86. The first-order valence-electron chi connectivity index (χ1n) is 6.27. The van der Waals surface area contributed by atoms with Gasteiger partial charge >= 0.3 is 0 Å². The molecule has 1 atom stereocenters. The molecule has 1 N–H and O–H groups in total. The Hall–Kier alpha value is -0.850. The van der Waals surface area contributed by atoms with Gasteiger partial charge in [0.25, 0.3) is 0 Å². The predicted octanol–water partition coefficient (Wildman–Crippen LogP) is 5.33. The molecular formula is C15H12Br2F3N. The van der Waals surface area contributed by atoms with Crippen LogP contribution in [0.3, 0.4) is 0 Å². The van der Waals surface area contributed by atoms with E-state index in [1.165, 1.54) is 30.3 Å². The molecule has 2 aromatic rings. The Bertz CT molecular complexity index is 662. The highest BCUT2D eigenvalue weighted by molar-refractivity contribution is 9.10. The van der Waals surface area contributed by atoms with Gasteiger partial charge in [0, 0.05) is 10.0 Å². The van der Waals surface area contributed by atoms with E-state index in [0.29, 0.717) is 16.6 Å². The molecule has 1 unspecified atom stereocenters. The molecule has 0 bridgehead atoms. The average molecular weight is 423 g/mol. The minimum Gasteiger partial charge on any atom is -0.306 e. The summed E-state index contributed by atoms with van der Waals surface area (Å²) in [5.41, 5.74) is 0.297. The Labute approximate surface area is 137 Å². The monoisotopic (exact) mass is 421 g/mol. The Balaban J connectivity index is 2.64. The van der Waals surface area contributed by atoms with Gasteiger partial charge in [-0.25, -0.2) is 13.2 Å². The summed E-state index contributed by atoms with van der Waals surface area (Å²) < 4.78 is 42.7. The Morgan fingerprint density at radius 1 is 1.05 bits per heavy atom. The van der Waals surface area contributed by atoms with Crippen LogP contribution < -0.4 is 5.32 Å². The van der Waals surface area contributed by atoms with Gasteiger partial charge in [-0.2, -0.15) is 0 Å². The second-order valence-corrected chi connectivity index (χ2v) is 6.12. The minimum absolute atomic E-state index is 0.141. The van der Waals surface area contributed by atoms with Gasteiger partial charge in [-0.3, -0.25) is 0 Å². The molecule has 0 heterocycles. The van der Waals surface area contributed by atoms with E-state index in [1.54, 1.807) is 0 Å². The third-order valence-corrected chi connectivity index (χ3v) is 4.38. The highest BCUT2D eigenvalue weighted by Gasteiger charge is 2.25. The lowest BCUT2D eigenvalue weighted by molar-refractivity contribution is 0.504. The molecule has 0 saturated carbocycles. The van der Waals surface area contributed by atoms with Gasteiger partial charge in [0.15, 0.2) is 0 Å². The third-order valence-electron chi connectivity index (χ3n) is 3.05. The summed E-state index contributed by atoms with van der Waals surface area (Å²) >= 11 is 6.35. The molecule has 0 spiro atoms. The van der Waals surface area contributed by atoms with Gasteiger partial charge in [-0.15, -0.1) is 0 Å². The van der Waals surface area contributed by atoms with E-state index < -0.39 is 23.5 Å². The van der Waals surface area contributed by atoms with Crippen molar-refractivity contribution in [2.75, 3.05) is 6.54 Å². The highest BCUT2D eigenvalue weighted by atomic mass is 79.9. The number of halogens is 5. The molecule has 2 aromatic carbocycles. The maximum atomic E-state index is 14.3. The summed E-state index contributed by atoms with van der Waals surface area (Å²) in [5, 5.41) is 2.99. The van der Waals surface area contributed by atoms with Crippen molar-refractivity contribution < 1.29 is 13.2 Å². The molecule has 6 heteroatoms. The number of hydrogen-bond donors (Lipinski definition) is 1. The van der Waals surface area contributed by atoms with Gasteiger partial charge in [0.1, 0.15) is 17.5 Å². The molecule has 1 nitrogen and oxygen atoms in total. The standard InChI is InChI=1S/C15H12Br2F3N/c1-2-21-15(9-7-8(18)3-4-10(9)16)13-12(19)6-5-11(17)14(13)20/h3-7,15,21H,2H2,1H3. The average Bonchev–Trinajstić information content (AvgIpc) is 2.45. The largest absolute Gasteiger partial charge is 0.306 e. The predicted molar refractivity (Wildman–Crippen MR) is 83.7 cm³/mol. The van der Waals surface area contributed by atoms with Gasteiger partial charge in [0.05, 0.1) is 10.5 Å². The fourth-order valence-corrected chi connectivity index (χ4v) is 2.94. The normalized spacial score (nSPS) is 12.5. The van der Waals surface area contributed by atoms with Crippen LogP contribution in [0.1, 0.15) is 24.1 Å². The summed E-state index contributed by atoms with van der Waals surface area (Å²) in [6.07, 6.45) is 0. The zero-order valence-electron chi connectivity index (χ0n) is 11.1. The fraction of sp³-hybridized carbons (Fsp3) is 0.200. The minimum atomic E-state index is -0.794. The van der Waals surface area contributed by atoms with Crippen molar-refractivity contribution in [2.45, 2.75) is 13.0 Å². The summed E-state index contributed by atoms with van der Waals surface area (Å²) in [4.78, 5) is 0. The summed E-state index contributed by atoms with van der Waals surface area (Å²) in [5.74, 6) is -1.85. The second-order valence-electron chi connectivity index (χ2n) is 4.41. The van der Waals surface area contributed by atoms with Crippen LogP contribution in [0.15, 0.2) is 39.3 Å². The number of hydrogen-bond acceptors (Lipinski definition) is 1. The molecule has 0 saturated heterocycles. The van der Waals surface area contributed by atoms with Crippen LogP contribution in [-0.2, 0) is 0 Å². The number of nitrogens with one attached hydrogen (secondary N) is 1. The van der Waals surface area contributed by atoms with Crippen molar-refractivity contribution in [3.63, 3.8) is 0 Å². The van der Waals surface area contributed by atoms with Gasteiger partial charge in [-0.1, -0.05) is 22.9 Å². The van der Waals surface area contributed by atoms with Crippen molar-refractivity contribution in [2.24, 2.45) is 0 Å². The van der Waals surface area contributed by atoms with Crippen LogP contribution in [0.25, 0.3) is 0 Å². The Kier molecular flexibility index (Phi) is 5.46. The molecule has 0 aliphatic carbocycles. The van der Waals surface area contributed by atoms with Crippen LogP contribution in [0.2, 0.25) is 0 Å². The molecular weight excluding hydrogens is 411 g/mol. The lowest BCUT2D eigenvalue weighted by Gasteiger charge is -2.22. The highest BCUT2D eigenvalue weighted by Crippen LogP contribution is 2.34. The van der Waals surface area contributed by atoms with Crippen molar-refractivity contribution in [3.05, 3.63) is 67.9 Å². The van der Waals surface area contributed by atoms with Crippen molar-refractivity contribution in [3.8, 4) is 0 Å². The zero-order valence-corrected chi connectivity index (χ0v) is 14.2. The molecule has 0 aliphatic rings. The first kappa shape index (κ1) is 16.5.